The van der Waals surface area contributed by atoms with Gasteiger partial charge in [0.2, 0.25) is 5.79 Å². The highest BCUT2D eigenvalue weighted by Crippen LogP contribution is 2.44. The van der Waals surface area contributed by atoms with Gasteiger partial charge < -0.3 is 49.4 Å². The molecule has 13 nitrogen and oxygen atoms in total. The van der Waals surface area contributed by atoms with Crippen LogP contribution in [0.4, 0.5) is 0 Å². The van der Waals surface area contributed by atoms with E-state index in [0.29, 0.717) is 63.4 Å². The number of cyclic esters (lactones) is 1. The summed E-state index contributed by atoms with van der Waals surface area (Å²) in [5.41, 5.74) is 6.40. The van der Waals surface area contributed by atoms with E-state index in [9.17, 15) is 39.9 Å². The largest absolute Gasteiger partial charge is 0.460 e. The number of piperidine rings is 1. The molecule has 13 heteroatoms. The molecule has 5 aliphatic rings. The maximum absolute atomic E-state index is 14.6. The fourth-order valence-corrected chi connectivity index (χ4v) is 12.4. The van der Waals surface area contributed by atoms with Crippen molar-refractivity contribution in [2.45, 2.75) is 200 Å². The number of aryl methyl sites for hydroxylation is 1. The number of Topliss-reactive ketones (excluding diaryl/α,β-unsaturated/α-hetero) is 1. The summed E-state index contributed by atoms with van der Waals surface area (Å²) < 4.78 is 24.3. The van der Waals surface area contributed by atoms with Crippen LogP contribution in [0.25, 0.3) is 5.57 Å². The first-order valence-corrected chi connectivity index (χ1v) is 27.4. The third-order valence-corrected chi connectivity index (χ3v) is 17.3. The summed E-state index contributed by atoms with van der Waals surface area (Å²) >= 11 is 0. The fourth-order valence-electron chi connectivity index (χ4n) is 12.4. The van der Waals surface area contributed by atoms with Gasteiger partial charge in [-0.3, -0.25) is 9.59 Å². The van der Waals surface area contributed by atoms with Gasteiger partial charge in [-0.2, -0.15) is 0 Å². The number of rotatable bonds is 6. The molecule has 406 valence electrons. The Labute approximate surface area is 435 Å². The smallest absolute Gasteiger partial charge is 0.329 e. The molecule has 73 heavy (non-hydrogen) atoms. The number of esters is 1. The monoisotopic (exact) mass is 1020 g/mol. The van der Waals surface area contributed by atoms with E-state index < -0.39 is 84.1 Å². The zero-order chi connectivity index (χ0) is 53.3. The van der Waals surface area contributed by atoms with Gasteiger partial charge in [-0.25, -0.2) is 4.79 Å². The molecule has 0 radical (unpaired) electrons. The summed E-state index contributed by atoms with van der Waals surface area (Å²) in [6.07, 6.45) is 14.7. The number of hydrogen-bond acceptors (Lipinski definition) is 12. The van der Waals surface area contributed by atoms with Crippen molar-refractivity contribution in [1.82, 2.24) is 4.90 Å². The Morgan fingerprint density at radius 1 is 0.836 bits per heavy atom. The molecule has 3 fully saturated rings. The number of aliphatic hydroxyl groups excluding tert-OH is 4. The maximum Gasteiger partial charge on any atom is 0.329 e. The minimum absolute atomic E-state index is 0.0365. The first-order valence-electron chi connectivity index (χ1n) is 27.4. The van der Waals surface area contributed by atoms with Crippen LogP contribution in [0.2, 0.25) is 0 Å². The minimum Gasteiger partial charge on any atom is -0.460 e. The van der Waals surface area contributed by atoms with Crippen molar-refractivity contribution in [2.24, 2.45) is 41.4 Å². The lowest BCUT2D eigenvalue weighted by atomic mass is 9.78. The maximum atomic E-state index is 14.6. The number of hydrogen-bond donors (Lipinski definition) is 5. The number of carbonyl (C=O) groups excluding carboxylic acids is 3. The van der Waals surface area contributed by atoms with E-state index in [2.05, 4.69) is 57.2 Å². The highest BCUT2D eigenvalue weighted by atomic mass is 16.6. The molecule has 1 aromatic carbocycles. The summed E-state index contributed by atoms with van der Waals surface area (Å²) in [5.74, 6) is -6.80. The standard InChI is InChI=1S/C60H89NO12/c1-35-17-12-11-13-18-37(3)48(47-26-25-45-36(2)19-16-20-46(45)47)33-44-24-22-42(8)60(69,73-44)57(66)58(67)61-28-15-14-21-49(61)59(68)72-52(39(5)31-43-23-27-50(62)53(32-43)70-9)34-51(63)38(4)30-41(7)55(65)56(71-10)54(64)40(6)29-35/h11-13,16-20,26,30,35,38-40,42-44,48-56,62-65,69H,14-15,21-25,27-29,31-34H2,1-10H3/b13-11+,17-12+,37-18+,41-30+/t35-,38-,39-,40-,42-,43+,44+,48+,49+,50-,51+,52+,53-,54+,55-,56+,60-/m1/s1. The molecule has 2 bridgehead atoms. The number of carbonyl (C=O) groups is 3. The van der Waals surface area contributed by atoms with Gasteiger partial charge in [0.05, 0.1) is 30.5 Å². The molecular weight excluding hydrogens is 927 g/mol. The minimum atomic E-state index is -2.42. The molecule has 0 unspecified atom stereocenters. The van der Waals surface area contributed by atoms with E-state index >= 15 is 0 Å². The van der Waals surface area contributed by atoms with Crippen LogP contribution in [0.3, 0.4) is 0 Å². The number of methoxy groups -OCH3 is 2. The van der Waals surface area contributed by atoms with Gasteiger partial charge in [0.25, 0.3) is 11.7 Å². The fraction of sp³-hybridized carbons (Fsp3) is 0.683. The Morgan fingerprint density at radius 2 is 1.59 bits per heavy atom. The van der Waals surface area contributed by atoms with Crippen LogP contribution < -0.4 is 0 Å². The lowest BCUT2D eigenvalue weighted by Crippen LogP contribution is -2.60. The lowest BCUT2D eigenvalue weighted by Gasteiger charge is -2.43. The second-order valence-electron chi connectivity index (χ2n) is 22.8. The predicted molar refractivity (Wildman–Crippen MR) is 283 cm³/mol. The van der Waals surface area contributed by atoms with E-state index in [1.54, 1.807) is 27.0 Å². The number of nitrogens with zero attached hydrogens (tertiary/aromatic N) is 1. The Balaban J connectivity index is 1.34. The topological polar surface area (TPSA) is 193 Å². The molecule has 0 spiro atoms. The average molecular weight is 1020 g/mol. The number of amides is 1. The number of aliphatic hydroxyl groups is 5. The van der Waals surface area contributed by atoms with E-state index in [1.807, 2.05) is 39.0 Å². The second kappa shape index (κ2) is 26.3. The molecule has 3 aliphatic heterocycles. The van der Waals surface area contributed by atoms with Crippen LogP contribution in [0, 0.1) is 48.3 Å². The molecule has 2 saturated heterocycles. The number of ketones is 1. The number of benzene rings is 1. The molecule has 5 N–H and O–H groups in total. The molecule has 0 aromatic heterocycles. The summed E-state index contributed by atoms with van der Waals surface area (Å²) in [5, 5.41) is 58.1. The highest BCUT2D eigenvalue weighted by molar-refractivity contribution is 6.39. The van der Waals surface area contributed by atoms with Gasteiger partial charge in [-0.1, -0.05) is 101 Å². The molecular formula is C60H89NO12. The quantitative estimate of drug-likeness (QED) is 0.104. The van der Waals surface area contributed by atoms with Gasteiger partial charge in [0.1, 0.15) is 24.4 Å². The third kappa shape index (κ3) is 14.2. The summed E-state index contributed by atoms with van der Waals surface area (Å²) in [4.78, 5) is 45.1. The van der Waals surface area contributed by atoms with Crippen molar-refractivity contribution >= 4 is 23.2 Å². The number of fused-ring (bicyclic) bond motifs is 4. The van der Waals surface area contributed by atoms with Gasteiger partial charge in [-0.05, 0) is 149 Å². The van der Waals surface area contributed by atoms with Gasteiger partial charge in [0, 0.05) is 44.9 Å². The normalized spacial score (nSPS) is 39.9. The molecule has 3 heterocycles. The van der Waals surface area contributed by atoms with Gasteiger partial charge in [0.15, 0.2) is 0 Å². The van der Waals surface area contributed by atoms with Gasteiger partial charge in [-0.15, -0.1) is 0 Å². The highest BCUT2D eigenvalue weighted by Gasteiger charge is 2.53. The predicted octanol–water partition coefficient (Wildman–Crippen LogP) is 8.31. The van der Waals surface area contributed by atoms with Crippen molar-refractivity contribution in [3.63, 3.8) is 0 Å². The molecule has 1 aromatic rings. The molecule has 2 aliphatic carbocycles. The van der Waals surface area contributed by atoms with E-state index in [0.717, 1.165) is 24.0 Å². The SMILES string of the molecule is CO[C@H]1[C@@H](O)[C@H](C)C[C@H](C)/C=C/C=C/C=C(\C)[C@@H](C2=CCc3c(C)cccc32)C[C@@H]2CC[C@@H](C)[C@@](O)(O2)C(=O)C(=O)N2CCCC[C@H]2C(=O)O[C@H]([C@H](C)C[C@@H]2CC[C@@H](O)[C@H](OC)C2)C[C@H](O)[C@H](C)/C=C(\C)[C@H]1O. The summed E-state index contributed by atoms with van der Waals surface area (Å²) in [7, 11) is 3.06. The van der Waals surface area contributed by atoms with Crippen molar-refractivity contribution < 1.29 is 58.9 Å². The zero-order valence-corrected chi connectivity index (χ0v) is 45.5. The first-order chi connectivity index (χ1) is 34.7. The molecule has 17 atom stereocenters. The lowest BCUT2D eigenvalue weighted by molar-refractivity contribution is -0.264. The van der Waals surface area contributed by atoms with Crippen LogP contribution in [0.1, 0.15) is 142 Å². The van der Waals surface area contributed by atoms with Crippen molar-refractivity contribution in [2.75, 3.05) is 20.8 Å². The number of allylic oxidation sites excluding steroid dienone is 8. The Bertz CT molecular complexity index is 2200. The van der Waals surface area contributed by atoms with Crippen molar-refractivity contribution in [3.05, 3.63) is 88.6 Å². The average Bonchev–Trinajstić information content (AvgIpc) is 3.81. The van der Waals surface area contributed by atoms with E-state index in [-0.39, 0.29) is 55.1 Å². The van der Waals surface area contributed by atoms with Crippen LogP contribution in [-0.2, 0) is 39.8 Å². The van der Waals surface area contributed by atoms with E-state index in [1.165, 1.54) is 28.7 Å². The van der Waals surface area contributed by atoms with Crippen molar-refractivity contribution in [3.8, 4) is 0 Å². The van der Waals surface area contributed by atoms with Crippen LogP contribution in [-0.4, -0.2) is 130 Å². The van der Waals surface area contributed by atoms with Crippen LogP contribution in [0.5, 0.6) is 0 Å². The Kier molecular flexibility index (Phi) is 21.1. The first kappa shape index (κ1) is 58.5. The molecule has 6 rings (SSSR count). The third-order valence-electron chi connectivity index (χ3n) is 17.3. The van der Waals surface area contributed by atoms with E-state index in [4.69, 9.17) is 18.9 Å². The molecule has 1 amide bonds. The Morgan fingerprint density at radius 3 is 2.32 bits per heavy atom. The number of ether oxygens (including phenoxy) is 4. The van der Waals surface area contributed by atoms with Crippen LogP contribution >= 0.6 is 0 Å². The van der Waals surface area contributed by atoms with Crippen molar-refractivity contribution in [1.29, 1.82) is 0 Å². The second-order valence-corrected chi connectivity index (χ2v) is 22.8. The zero-order valence-electron chi connectivity index (χ0n) is 45.5. The van der Waals surface area contributed by atoms with Crippen LogP contribution in [0.15, 0.2) is 71.9 Å². The molecule has 1 saturated carbocycles. The Hall–Kier alpha value is -3.79. The summed E-state index contributed by atoms with van der Waals surface area (Å²) in [6, 6.07) is 5.23. The van der Waals surface area contributed by atoms with Gasteiger partial charge >= 0.3 is 5.97 Å². The summed E-state index contributed by atoms with van der Waals surface area (Å²) in [6.45, 7) is 15.6.